The Morgan fingerprint density at radius 2 is 1.72 bits per heavy atom. The number of nitrogens with zero attached hydrogens (tertiary/aromatic N) is 2. The number of aliphatic hydroxyl groups is 1. The number of carbonyl (C=O) groups is 1. The van der Waals surface area contributed by atoms with Gasteiger partial charge in [0.1, 0.15) is 0 Å². The van der Waals surface area contributed by atoms with E-state index in [2.05, 4.69) is 5.10 Å². The Labute approximate surface area is 141 Å². The molecule has 5 nitrogen and oxygen atoms in total. The molecule has 1 unspecified atom stereocenters. The molecule has 1 heterocycles. The summed E-state index contributed by atoms with van der Waals surface area (Å²) < 4.78 is 40.5. The van der Waals surface area contributed by atoms with Crippen LogP contribution in [0.4, 0.5) is 18.9 Å². The molecule has 3 rings (SSSR count). The van der Waals surface area contributed by atoms with Crippen molar-refractivity contribution in [1.82, 2.24) is 5.01 Å². The van der Waals surface area contributed by atoms with Crippen molar-refractivity contribution in [3.63, 3.8) is 0 Å². The Morgan fingerprint density at radius 3 is 2.28 bits per heavy atom. The lowest BCUT2D eigenvalue weighted by molar-refractivity contribution is -0.297. The fraction of sp³-hybridized carbons (Fsp3) is 0.176. The van der Waals surface area contributed by atoms with Crippen LogP contribution in [0, 0.1) is 0 Å². The molecule has 0 aliphatic carbocycles. The Balaban J connectivity index is 2.04. The third-order valence-electron chi connectivity index (χ3n) is 3.90. The molecular weight excluding hydrogens is 335 g/mol. The van der Waals surface area contributed by atoms with E-state index in [1.165, 1.54) is 24.3 Å². The number of rotatable bonds is 2. The molecule has 130 valence electrons. The van der Waals surface area contributed by atoms with Crippen molar-refractivity contribution in [1.29, 1.82) is 0 Å². The fourth-order valence-electron chi connectivity index (χ4n) is 2.52. The van der Waals surface area contributed by atoms with E-state index in [1.807, 2.05) is 0 Å². The minimum atomic E-state index is -5.07. The maximum atomic E-state index is 13.5. The number of alkyl halides is 3. The number of hydrogen-bond acceptors (Lipinski definition) is 4. The predicted molar refractivity (Wildman–Crippen MR) is 85.6 cm³/mol. The molecule has 0 saturated heterocycles. The third kappa shape index (κ3) is 2.96. The third-order valence-corrected chi connectivity index (χ3v) is 3.90. The first-order valence-electron chi connectivity index (χ1n) is 7.34. The molecule has 0 fully saturated rings. The molecule has 0 saturated carbocycles. The number of hydrazone groups is 1. The SMILES string of the molecule is Nc1ccc(C(=O)N2N=C(c3ccccc3)CC2(O)C(F)(F)F)cc1. The number of anilines is 1. The highest BCUT2D eigenvalue weighted by atomic mass is 19.4. The average molecular weight is 349 g/mol. The fourth-order valence-corrected chi connectivity index (χ4v) is 2.52. The number of nitrogen functional groups attached to an aromatic ring is 1. The summed E-state index contributed by atoms with van der Waals surface area (Å²) in [7, 11) is 0. The van der Waals surface area contributed by atoms with E-state index in [9.17, 15) is 23.1 Å². The summed E-state index contributed by atoms with van der Waals surface area (Å²) >= 11 is 0. The van der Waals surface area contributed by atoms with Gasteiger partial charge in [-0.05, 0) is 29.8 Å². The summed E-state index contributed by atoms with van der Waals surface area (Å²) in [6, 6.07) is 13.4. The van der Waals surface area contributed by atoms with Crippen molar-refractivity contribution >= 4 is 17.3 Å². The lowest BCUT2D eigenvalue weighted by atomic mass is 10.0. The molecule has 1 aliphatic rings. The van der Waals surface area contributed by atoms with Gasteiger partial charge in [0.05, 0.1) is 12.1 Å². The van der Waals surface area contributed by atoms with Crippen LogP contribution in [0.25, 0.3) is 0 Å². The molecule has 2 aromatic rings. The van der Waals surface area contributed by atoms with Crippen LogP contribution in [-0.2, 0) is 0 Å². The quantitative estimate of drug-likeness (QED) is 0.819. The van der Waals surface area contributed by atoms with Crippen LogP contribution in [0.5, 0.6) is 0 Å². The zero-order chi connectivity index (χ0) is 18.2. The van der Waals surface area contributed by atoms with Crippen molar-refractivity contribution in [2.24, 2.45) is 5.10 Å². The van der Waals surface area contributed by atoms with E-state index in [0.29, 0.717) is 11.3 Å². The maximum absolute atomic E-state index is 13.5. The van der Waals surface area contributed by atoms with Gasteiger partial charge in [-0.3, -0.25) is 4.79 Å². The standard InChI is InChI=1S/C17H14F3N3O2/c18-17(19,20)16(25)10-14(11-4-2-1-3-5-11)22-23(16)15(24)12-6-8-13(21)9-7-12/h1-9,25H,10,21H2. The summed E-state index contributed by atoms with van der Waals surface area (Å²) in [6.07, 6.45) is -5.92. The number of amides is 1. The van der Waals surface area contributed by atoms with Gasteiger partial charge in [-0.1, -0.05) is 30.3 Å². The number of nitrogens with two attached hydrogens (primary N) is 1. The van der Waals surface area contributed by atoms with Gasteiger partial charge in [0.2, 0.25) is 0 Å². The molecule has 8 heteroatoms. The van der Waals surface area contributed by atoms with E-state index in [-0.39, 0.29) is 16.3 Å². The number of benzene rings is 2. The number of carbonyl (C=O) groups excluding carboxylic acids is 1. The van der Waals surface area contributed by atoms with Crippen LogP contribution in [0.3, 0.4) is 0 Å². The Morgan fingerprint density at radius 1 is 1.12 bits per heavy atom. The van der Waals surface area contributed by atoms with Gasteiger partial charge in [0.15, 0.2) is 0 Å². The molecule has 0 radical (unpaired) electrons. The van der Waals surface area contributed by atoms with Gasteiger partial charge in [0.25, 0.3) is 11.6 Å². The van der Waals surface area contributed by atoms with Gasteiger partial charge in [-0.15, -0.1) is 0 Å². The van der Waals surface area contributed by atoms with Crippen molar-refractivity contribution in [3.8, 4) is 0 Å². The van der Waals surface area contributed by atoms with Gasteiger partial charge < -0.3 is 10.8 Å². The van der Waals surface area contributed by atoms with Crippen LogP contribution in [0.2, 0.25) is 0 Å². The van der Waals surface area contributed by atoms with Gasteiger partial charge >= 0.3 is 6.18 Å². The highest BCUT2D eigenvalue weighted by Gasteiger charge is 2.63. The van der Waals surface area contributed by atoms with Crippen LogP contribution in [0.1, 0.15) is 22.3 Å². The van der Waals surface area contributed by atoms with E-state index in [4.69, 9.17) is 5.73 Å². The van der Waals surface area contributed by atoms with Crippen LogP contribution >= 0.6 is 0 Å². The molecule has 0 spiro atoms. The summed E-state index contributed by atoms with van der Waals surface area (Å²) in [5, 5.41) is 14.1. The molecule has 3 N–H and O–H groups in total. The van der Waals surface area contributed by atoms with E-state index in [1.54, 1.807) is 30.3 Å². The van der Waals surface area contributed by atoms with Crippen molar-refractivity contribution in [3.05, 3.63) is 65.7 Å². The topological polar surface area (TPSA) is 78.9 Å². The normalized spacial score (nSPS) is 20.5. The molecular formula is C17H14F3N3O2. The first kappa shape index (κ1) is 17.0. The second kappa shape index (κ2) is 5.89. The Hall–Kier alpha value is -2.87. The number of halogens is 3. The van der Waals surface area contributed by atoms with E-state index >= 15 is 0 Å². The monoisotopic (exact) mass is 349 g/mol. The zero-order valence-corrected chi connectivity index (χ0v) is 12.9. The second-order valence-electron chi connectivity index (χ2n) is 5.64. The minimum Gasteiger partial charge on any atom is -0.399 e. The van der Waals surface area contributed by atoms with Crippen molar-refractivity contribution < 1.29 is 23.1 Å². The highest BCUT2D eigenvalue weighted by molar-refractivity contribution is 6.05. The molecule has 0 aromatic heterocycles. The van der Waals surface area contributed by atoms with Gasteiger partial charge in [-0.2, -0.15) is 23.3 Å². The van der Waals surface area contributed by atoms with Crippen LogP contribution in [-0.4, -0.2) is 33.6 Å². The smallest absolute Gasteiger partial charge is 0.399 e. The molecule has 0 bridgehead atoms. The summed E-state index contributed by atoms with van der Waals surface area (Å²) in [6.45, 7) is 0. The van der Waals surface area contributed by atoms with Crippen LogP contribution in [0.15, 0.2) is 59.7 Å². The molecule has 1 aliphatic heterocycles. The van der Waals surface area contributed by atoms with Crippen LogP contribution < -0.4 is 5.73 Å². The summed E-state index contributed by atoms with van der Waals surface area (Å²) in [4.78, 5) is 12.5. The van der Waals surface area contributed by atoms with Gasteiger partial charge in [-0.25, -0.2) is 0 Å². The minimum absolute atomic E-state index is 0.0239. The molecule has 1 amide bonds. The first-order valence-corrected chi connectivity index (χ1v) is 7.34. The van der Waals surface area contributed by atoms with Crippen molar-refractivity contribution in [2.45, 2.75) is 18.3 Å². The van der Waals surface area contributed by atoms with Crippen molar-refractivity contribution in [2.75, 3.05) is 5.73 Å². The predicted octanol–water partition coefficient (Wildman–Crippen LogP) is 2.77. The average Bonchev–Trinajstić information content (AvgIpc) is 2.95. The summed E-state index contributed by atoms with van der Waals surface area (Å²) in [5.41, 5.74) is 2.79. The van der Waals surface area contributed by atoms with E-state index < -0.39 is 24.2 Å². The Bertz CT molecular complexity index is 819. The van der Waals surface area contributed by atoms with E-state index in [0.717, 1.165) is 0 Å². The van der Waals surface area contributed by atoms with Gasteiger partial charge in [0, 0.05) is 11.3 Å². The maximum Gasteiger partial charge on any atom is 0.438 e. The lowest BCUT2D eigenvalue weighted by Gasteiger charge is -2.32. The molecule has 2 aromatic carbocycles. The lowest BCUT2D eigenvalue weighted by Crippen LogP contribution is -2.56. The second-order valence-corrected chi connectivity index (χ2v) is 5.64. The first-order chi connectivity index (χ1) is 11.7. The summed E-state index contributed by atoms with van der Waals surface area (Å²) in [5.74, 6) is -1.06. The largest absolute Gasteiger partial charge is 0.438 e. The molecule has 25 heavy (non-hydrogen) atoms. The Kier molecular flexibility index (Phi) is 4.00. The zero-order valence-electron chi connectivity index (χ0n) is 12.9. The molecule has 1 atom stereocenters. The number of hydrogen-bond donors (Lipinski definition) is 2. The highest BCUT2D eigenvalue weighted by Crippen LogP contribution is 2.41.